The van der Waals surface area contributed by atoms with E-state index in [9.17, 15) is 26.3 Å². The molecule has 1 saturated carbocycles. The molecule has 1 aliphatic carbocycles. The molecule has 3 fully saturated rings. The molecule has 1 atom stereocenters. The number of hydrogen-bond acceptors (Lipinski definition) is 7. The summed E-state index contributed by atoms with van der Waals surface area (Å²) in [6, 6.07) is 0.562. The van der Waals surface area contributed by atoms with Crippen molar-refractivity contribution in [3.8, 4) is 0 Å². The lowest BCUT2D eigenvalue weighted by Gasteiger charge is -2.39. The summed E-state index contributed by atoms with van der Waals surface area (Å²) in [5.74, 6) is -4.49. The Kier molecular flexibility index (Phi) is 11.4. The zero-order chi connectivity index (χ0) is 28.7. The first-order valence-corrected chi connectivity index (χ1v) is 12.9. The summed E-state index contributed by atoms with van der Waals surface area (Å²) >= 11 is 1.77. The molecular weight excluding hydrogens is 544 g/mol. The second-order valence-corrected chi connectivity index (χ2v) is 11.0. The predicted molar refractivity (Wildman–Crippen MR) is 126 cm³/mol. The van der Waals surface area contributed by atoms with Crippen LogP contribution in [0.3, 0.4) is 0 Å². The van der Waals surface area contributed by atoms with Crippen LogP contribution in [0.1, 0.15) is 42.8 Å². The van der Waals surface area contributed by atoms with E-state index in [-0.39, 0.29) is 0 Å². The molecule has 4 rings (SSSR count). The highest BCUT2D eigenvalue weighted by atomic mass is 32.1. The van der Waals surface area contributed by atoms with E-state index in [1.807, 2.05) is 7.11 Å². The number of methoxy groups -OCH3 is 1. The van der Waals surface area contributed by atoms with E-state index in [0.717, 1.165) is 19.1 Å². The number of hydrogen-bond donors (Lipinski definition) is 2. The van der Waals surface area contributed by atoms with Gasteiger partial charge in [0.15, 0.2) is 0 Å². The van der Waals surface area contributed by atoms with E-state index in [1.165, 1.54) is 69.0 Å². The van der Waals surface area contributed by atoms with E-state index in [0.29, 0.717) is 11.5 Å². The number of piperidine rings is 1. The third-order valence-electron chi connectivity index (χ3n) is 6.73. The SMILES string of the molecule is COCC1CC2(CCN(CC3CC3)CC2)CN1Cc1csc(C)n1.O=C(O)C(F)(F)F.O=C(O)C(F)(F)F. The molecule has 0 aromatic carbocycles. The number of alkyl halides is 6. The minimum Gasteiger partial charge on any atom is -0.475 e. The summed E-state index contributed by atoms with van der Waals surface area (Å²) in [7, 11) is 1.84. The first-order chi connectivity index (χ1) is 17.5. The van der Waals surface area contributed by atoms with Gasteiger partial charge < -0.3 is 19.8 Å². The Labute approximate surface area is 220 Å². The second-order valence-electron chi connectivity index (χ2n) is 9.93. The smallest absolute Gasteiger partial charge is 0.475 e. The quantitative estimate of drug-likeness (QED) is 0.479. The van der Waals surface area contributed by atoms with Crippen molar-refractivity contribution in [3.05, 3.63) is 16.1 Å². The highest BCUT2D eigenvalue weighted by molar-refractivity contribution is 7.09. The molecule has 218 valence electrons. The Morgan fingerprint density at radius 3 is 2.03 bits per heavy atom. The lowest BCUT2D eigenvalue weighted by Crippen LogP contribution is -2.42. The van der Waals surface area contributed by atoms with Crippen molar-refractivity contribution in [2.24, 2.45) is 11.3 Å². The van der Waals surface area contributed by atoms with Crippen LogP contribution in [-0.4, -0.2) is 95.2 Å². The number of ether oxygens (including phenoxy) is 1. The summed E-state index contributed by atoms with van der Waals surface area (Å²) in [5.41, 5.74) is 1.76. The molecule has 1 spiro atoms. The largest absolute Gasteiger partial charge is 0.490 e. The zero-order valence-electron chi connectivity index (χ0n) is 21.1. The molecule has 38 heavy (non-hydrogen) atoms. The van der Waals surface area contributed by atoms with Crippen LogP contribution in [0.2, 0.25) is 0 Å². The van der Waals surface area contributed by atoms with Gasteiger partial charge in [0.25, 0.3) is 0 Å². The molecule has 0 radical (unpaired) electrons. The first kappa shape index (κ1) is 32.2. The van der Waals surface area contributed by atoms with Crippen molar-refractivity contribution >= 4 is 23.3 Å². The van der Waals surface area contributed by atoms with E-state index in [4.69, 9.17) is 24.5 Å². The van der Waals surface area contributed by atoms with E-state index >= 15 is 0 Å². The number of carboxylic acids is 2. The van der Waals surface area contributed by atoms with Gasteiger partial charge in [-0.15, -0.1) is 11.3 Å². The molecule has 8 nitrogen and oxygen atoms in total. The number of aliphatic carboxylic acids is 2. The summed E-state index contributed by atoms with van der Waals surface area (Å²) in [6.07, 6.45) is -3.18. The summed E-state index contributed by atoms with van der Waals surface area (Å²) in [6.45, 7) is 9.15. The van der Waals surface area contributed by atoms with Gasteiger partial charge in [0.05, 0.1) is 17.3 Å². The van der Waals surface area contributed by atoms with Crippen LogP contribution in [0.5, 0.6) is 0 Å². The fraction of sp³-hybridized carbons (Fsp3) is 0.783. The molecule has 3 heterocycles. The average molecular weight is 578 g/mol. The number of aryl methyl sites for hydroxylation is 1. The van der Waals surface area contributed by atoms with Crippen molar-refractivity contribution < 1.29 is 50.9 Å². The van der Waals surface area contributed by atoms with Gasteiger partial charge in [0.1, 0.15) is 0 Å². The summed E-state index contributed by atoms with van der Waals surface area (Å²) < 4.78 is 69.0. The van der Waals surface area contributed by atoms with Gasteiger partial charge in [-0.2, -0.15) is 26.3 Å². The van der Waals surface area contributed by atoms with Crippen molar-refractivity contribution in [1.29, 1.82) is 0 Å². The molecule has 0 bridgehead atoms. The number of nitrogens with zero attached hydrogens (tertiary/aromatic N) is 3. The van der Waals surface area contributed by atoms with Gasteiger partial charge in [0, 0.05) is 38.2 Å². The zero-order valence-corrected chi connectivity index (χ0v) is 22.0. The van der Waals surface area contributed by atoms with Gasteiger partial charge in [-0.05, 0) is 63.5 Å². The van der Waals surface area contributed by atoms with Crippen molar-refractivity contribution in [3.63, 3.8) is 0 Å². The van der Waals surface area contributed by atoms with Crippen LogP contribution in [0.25, 0.3) is 0 Å². The molecule has 15 heteroatoms. The van der Waals surface area contributed by atoms with E-state index < -0.39 is 24.3 Å². The second kappa shape index (κ2) is 13.4. The number of carbonyl (C=O) groups is 2. The Bertz CT molecular complexity index is 890. The number of thiazole rings is 1. The highest BCUT2D eigenvalue weighted by Crippen LogP contribution is 2.44. The number of rotatable bonds is 6. The van der Waals surface area contributed by atoms with Crippen LogP contribution in [0.15, 0.2) is 5.38 Å². The maximum Gasteiger partial charge on any atom is 0.490 e. The Morgan fingerprint density at radius 2 is 1.63 bits per heavy atom. The molecule has 3 aliphatic rings. The number of likely N-dealkylation sites (tertiary alicyclic amines) is 2. The average Bonchev–Trinajstić information content (AvgIpc) is 3.43. The number of aromatic nitrogens is 1. The van der Waals surface area contributed by atoms with Crippen molar-refractivity contribution in [2.45, 2.75) is 64.0 Å². The van der Waals surface area contributed by atoms with Crippen LogP contribution in [0, 0.1) is 18.3 Å². The van der Waals surface area contributed by atoms with E-state index in [1.54, 1.807) is 11.3 Å². The van der Waals surface area contributed by atoms with Gasteiger partial charge in [-0.1, -0.05) is 0 Å². The maximum atomic E-state index is 10.6. The standard InChI is InChI=1S/C19H31N3OS.2C2HF3O2/c1-15-20-17(13-24-15)11-22-14-19(9-18(22)12-23-2)5-7-21(8-6-19)10-16-3-4-16;2*3-2(4,5)1(6)7/h13,16,18H,3-12,14H2,1-2H3;2*(H,6,7). The van der Waals surface area contributed by atoms with Gasteiger partial charge in [-0.25, -0.2) is 14.6 Å². The molecule has 2 N–H and O–H groups in total. The van der Waals surface area contributed by atoms with Gasteiger partial charge in [-0.3, -0.25) is 4.90 Å². The Morgan fingerprint density at radius 1 is 1.11 bits per heavy atom. The molecule has 1 aromatic heterocycles. The van der Waals surface area contributed by atoms with Crippen LogP contribution < -0.4 is 0 Å². The third kappa shape index (κ3) is 10.7. The Balaban J connectivity index is 0.000000301. The lowest BCUT2D eigenvalue weighted by atomic mass is 9.76. The minimum absolute atomic E-state index is 0.522. The molecule has 2 aliphatic heterocycles. The fourth-order valence-electron chi connectivity index (χ4n) is 4.72. The molecular formula is C23H33F6N3O5S. The van der Waals surface area contributed by atoms with Crippen molar-refractivity contribution in [2.75, 3.05) is 39.9 Å². The molecule has 0 amide bonds. The third-order valence-corrected chi connectivity index (χ3v) is 7.55. The predicted octanol–water partition coefficient (Wildman–Crippen LogP) is 4.43. The fourth-order valence-corrected chi connectivity index (χ4v) is 5.33. The number of carboxylic acid groups (broad SMARTS) is 2. The van der Waals surface area contributed by atoms with Crippen LogP contribution in [0.4, 0.5) is 26.3 Å². The first-order valence-electron chi connectivity index (χ1n) is 12.0. The minimum atomic E-state index is -5.08. The molecule has 1 aromatic rings. The van der Waals surface area contributed by atoms with E-state index in [2.05, 4.69) is 27.1 Å². The van der Waals surface area contributed by atoms with Crippen LogP contribution in [-0.2, 0) is 20.9 Å². The lowest BCUT2D eigenvalue weighted by molar-refractivity contribution is -0.193. The molecule has 1 unspecified atom stereocenters. The topological polar surface area (TPSA) is 103 Å². The molecule has 2 saturated heterocycles. The summed E-state index contributed by atoms with van der Waals surface area (Å²) in [5, 5.41) is 17.7. The highest BCUT2D eigenvalue weighted by Gasteiger charge is 2.46. The maximum absolute atomic E-state index is 10.6. The van der Waals surface area contributed by atoms with Gasteiger partial charge in [0.2, 0.25) is 0 Å². The number of halogens is 6. The summed E-state index contributed by atoms with van der Waals surface area (Å²) in [4.78, 5) is 27.8. The Hall–Kier alpha value is -1.97. The van der Waals surface area contributed by atoms with Crippen molar-refractivity contribution in [1.82, 2.24) is 14.8 Å². The normalized spacial score (nSPS) is 21.8. The van der Waals surface area contributed by atoms with Crippen LogP contribution >= 0.6 is 11.3 Å². The van der Waals surface area contributed by atoms with Gasteiger partial charge >= 0.3 is 24.3 Å². The monoisotopic (exact) mass is 577 g/mol.